The Morgan fingerprint density at radius 1 is 1.53 bits per heavy atom. The maximum absolute atomic E-state index is 12.3. The summed E-state index contributed by atoms with van der Waals surface area (Å²) in [5.74, 6) is 0.251. The van der Waals surface area contributed by atoms with Crippen LogP contribution < -0.4 is 9.92 Å². The lowest BCUT2D eigenvalue weighted by Crippen LogP contribution is -2.04. The van der Waals surface area contributed by atoms with Gasteiger partial charge in [-0.2, -0.15) is 21.0 Å². The van der Waals surface area contributed by atoms with E-state index in [2.05, 4.69) is 16.8 Å². The van der Waals surface area contributed by atoms with Gasteiger partial charge < -0.3 is 9.92 Å². The molecule has 0 heterocycles. The van der Waals surface area contributed by atoms with E-state index in [0.717, 1.165) is 0 Å². The van der Waals surface area contributed by atoms with Gasteiger partial charge in [0.1, 0.15) is 0 Å². The van der Waals surface area contributed by atoms with E-state index >= 15 is 0 Å². The Kier molecular flexibility index (Phi) is 3.46. The Labute approximate surface area is 93.1 Å². The van der Waals surface area contributed by atoms with Crippen LogP contribution in [0.3, 0.4) is 0 Å². The molecule has 0 spiro atoms. The molecule has 4 nitrogen and oxygen atoms in total. The summed E-state index contributed by atoms with van der Waals surface area (Å²) in [6.45, 7) is 1.60. The highest BCUT2D eigenvalue weighted by Crippen LogP contribution is 2.27. The van der Waals surface area contributed by atoms with Gasteiger partial charge in [0.15, 0.2) is 5.75 Å². The van der Waals surface area contributed by atoms with Crippen LogP contribution in [-0.2, 0) is 16.3 Å². The molecule has 0 aliphatic rings. The zero-order valence-corrected chi connectivity index (χ0v) is 9.61. The summed E-state index contributed by atoms with van der Waals surface area (Å²) >= 11 is 4.03. The zero-order chi connectivity index (χ0) is 11.6. The summed E-state index contributed by atoms with van der Waals surface area (Å²) in [6, 6.07) is 2.87. The summed E-state index contributed by atoms with van der Waals surface area (Å²) < 4.78 is 37.1. The van der Waals surface area contributed by atoms with Crippen LogP contribution in [0, 0.1) is 6.92 Å². The van der Waals surface area contributed by atoms with Crippen molar-refractivity contribution in [2.45, 2.75) is 12.7 Å². The highest BCUT2D eigenvalue weighted by molar-refractivity contribution is 7.81. The third-order valence-corrected chi connectivity index (χ3v) is 2.57. The lowest BCUT2D eigenvalue weighted by atomic mass is 10.1. The fourth-order valence-electron chi connectivity index (χ4n) is 1.13. The second kappa shape index (κ2) is 4.28. The molecule has 1 rings (SSSR count). The number of halogens is 1. The molecule has 0 amide bonds. The van der Waals surface area contributed by atoms with Crippen molar-refractivity contribution in [2.75, 3.05) is 5.73 Å². The van der Waals surface area contributed by atoms with E-state index < -0.39 is 10.5 Å². The molecule has 0 saturated carbocycles. The van der Waals surface area contributed by atoms with Crippen LogP contribution in [-0.4, -0.2) is 8.42 Å². The van der Waals surface area contributed by atoms with Crippen molar-refractivity contribution in [3.05, 3.63) is 23.3 Å². The van der Waals surface area contributed by atoms with E-state index in [-0.39, 0.29) is 5.75 Å². The van der Waals surface area contributed by atoms with E-state index in [4.69, 9.17) is 5.73 Å². The van der Waals surface area contributed by atoms with E-state index in [1.165, 1.54) is 6.07 Å². The molecular formula is C8H10FNO3S2. The molecule has 0 bridgehead atoms. The molecule has 0 aromatic heterocycles. The molecule has 0 radical (unpaired) electrons. The molecular weight excluding hydrogens is 241 g/mol. The molecule has 15 heavy (non-hydrogen) atoms. The first-order valence-electron chi connectivity index (χ1n) is 3.97. The van der Waals surface area contributed by atoms with Gasteiger partial charge in [-0.3, -0.25) is 0 Å². The predicted molar refractivity (Wildman–Crippen MR) is 58.9 cm³/mol. The summed E-state index contributed by atoms with van der Waals surface area (Å²) in [6.07, 6.45) is 0. The number of thiol groups is 1. The minimum absolute atomic E-state index is 0.110. The maximum Gasteiger partial charge on any atom is 0.488 e. The average molecular weight is 251 g/mol. The van der Waals surface area contributed by atoms with Crippen LogP contribution in [0.25, 0.3) is 0 Å². The third-order valence-electron chi connectivity index (χ3n) is 1.85. The van der Waals surface area contributed by atoms with Crippen molar-refractivity contribution < 1.29 is 16.5 Å². The first kappa shape index (κ1) is 12.1. The molecule has 1 aromatic carbocycles. The van der Waals surface area contributed by atoms with E-state index in [1.54, 1.807) is 13.0 Å². The lowest BCUT2D eigenvalue weighted by Gasteiger charge is -2.09. The van der Waals surface area contributed by atoms with Crippen LogP contribution in [0.2, 0.25) is 0 Å². The number of benzene rings is 1. The van der Waals surface area contributed by atoms with Crippen LogP contribution >= 0.6 is 12.6 Å². The second-order valence-electron chi connectivity index (χ2n) is 2.94. The lowest BCUT2D eigenvalue weighted by molar-refractivity contribution is 0.438. The van der Waals surface area contributed by atoms with E-state index in [1.807, 2.05) is 0 Å². The first-order valence-corrected chi connectivity index (χ1v) is 5.91. The fraction of sp³-hybridized carbons (Fsp3) is 0.250. The minimum atomic E-state index is -5.02. The zero-order valence-electron chi connectivity index (χ0n) is 7.90. The highest BCUT2D eigenvalue weighted by Gasteiger charge is 2.14. The van der Waals surface area contributed by atoms with Gasteiger partial charge >= 0.3 is 10.5 Å². The predicted octanol–water partition coefficient (Wildman–Crippen LogP) is 1.60. The first-order chi connectivity index (χ1) is 6.83. The van der Waals surface area contributed by atoms with E-state index in [9.17, 15) is 12.3 Å². The molecule has 2 N–H and O–H groups in total. The number of nitrogen functional groups attached to an aromatic ring is 1. The topological polar surface area (TPSA) is 69.4 Å². The van der Waals surface area contributed by atoms with Gasteiger partial charge in [-0.15, -0.1) is 0 Å². The summed E-state index contributed by atoms with van der Waals surface area (Å²) in [4.78, 5) is 0. The van der Waals surface area contributed by atoms with Crippen molar-refractivity contribution in [3.8, 4) is 5.75 Å². The molecule has 7 heteroatoms. The fourth-order valence-corrected chi connectivity index (χ4v) is 1.84. The van der Waals surface area contributed by atoms with E-state index in [0.29, 0.717) is 22.6 Å². The van der Waals surface area contributed by atoms with Crippen LogP contribution in [0.4, 0.5) is 9.57 Å². The summed E-state index contributed by atoms with van der Waals surface area (Å²) in [5.41, 5.74) is 6.98. The molecule has 0 saturated heterocycles. The Bertz CT molecular complexity index is 473. The Balaban J connectivity index is 3.24. The van der Waals surface area contributed by atoms with Crippen molar-refractivity contribution in [3.63, 3.8) is 0 Å². The molecule has 0 aliphatic carbocycles. The van der Waals surface area contributed by atoms with Gasteiger partial charge in [0.05, 0.1) is 0 Å². The standard InChI is InChI=1S/C8H10FNO3S2/c1-5-6(4-14)2-7(10)3-8(5)13-15(9,11)12/h2-3,14H,4,10H2,1H3. The molecule has 1 aromatic rings. The van der Waals surface area contributed by atoms with Crippen molar-refractivity contribution in [2.24, 2.45) is 0 Å². The van der Waals surface area contributed by atoms with Crippen LogP contribution in [0.5, 0.6) is 5.75 Å². The van der Waals surface area contributed by atoms with Crippen LogP contribution in [0.15, 0.2) is 12.1 Å². The number of anilines is 1. The van der Waals surface area contributed by atoms with Crippen molar-refractivity contribution in [1.82, 2.24) is 0 Å². The van der Waals surface area contributed by atoms with Gasteiger partial charge in [-0.1, -0.05) is 3.89 Å². The smallest absolute Gasteiger partial charge is 0.399 e. The second-order valence-corrected chi connectivity index (χ2v) is 4.21. The highest BCUT2D eigenvalue weighted by atomic mass is 32.3. The summed E-state index contributed by atoms with van der Waals surface area (Å²) in [7, 11) is -5.02. The molecule has 84 valence electrons. The Morgan fingerprint density at radius 2 is 2.13 bits per heavy atom. The minimum Gasteiger partial charge on any atom is -0.399 e. The van der Waals surface area contributed by atoms with Crippen LogP contribution in [0.1, 0.15) is 11.1 Å². The van der Waals surface area contributed by atoms with Gasteiger partial charge in [-0.25, -0.2) is 0 Å². The number of hydrogen-bond acceptors (Lipinski definition) is 5. The molecule has 0 unspecified atom stereocenters. The summed E-state index contributed by atoms with van der Waals surface area (Å²) in [5, 5.41) is 0. The van der Waals surface area contributed by atoms with Gasteiger partial charge in [0, 0.05) is 17.5 Å². The monoisotopic (exact) mass is 251 g/mol. The van der Waals surface area contributed by atoms with Crippen molar-refractivity contribution in [1.29, 1.82) is 0 Å². The Hall–Kier alpha value is -0.950. The van der Waals surface area contributed by atoms with Gasteiger partial charge in [-0.05, 0) is 24.1 Å². The number of rotatable bonds is 3. The largest absolute Gasteiger partial charge is 0.488 e. The third kappa shape index (κ3) is 3.28. The normalized spacial score (nSPS) is 11.4. The maximum atomic E-state index is 12.3. The van der Waals surface area contributed by atoms with Gasteiger partial charge in [0.25, 0.3) is 0 Å². The molecule has 0 aliphatic heterocycles. The number of hydrogen-bond donors (Lipinski definition) is 2. The molecule has 0 atom stereocenters. The van der Waals surface area contributed by atoms with Crippen molar-refractivity contribution >= 4 is 28.8 Å². The van der Waals surface area contributed by atoms with Gasteiger partial charge in [0.2, 0.25) is 0 Å². The Morgan fingerprint density at radius 3 is 2.60 bits per heavy atom. The average Bonchev–Trinajstić information content (AvgIpc) is 2.08. The number of nitrogens with two attached hydrogens (primary N) is 1. The quantitative estimate of drug-likeness (QED) is 0.486. The molecule has 0 fully saturated rings. The SMILES string of the molecule is Cc1c(CS)cc(N)cc1OS(=O)(=O)F.